The predicted molar refractivity (Wildman–Crippen MR) is 82.0 cm³/mol. The van der Waals surface area contributed by atoms with Crippen molar-refractivity contribution in [1.82, 2.24) is 5.32 Å². The van der Waals surface area contributed by atoms with Gasteiger partial charge in [-0.1, -0.05) is 17.7 Å². The van der Waals surface area contributed by atoms with Crippen molar-refractivity contribution in [1.29, 1.82) is 10.7 Å². The Hall–Kier alpha value is -2.89. The normalized spacial score (nSPS) is 14.6. The third-order valence-corrected chi connectivity index (χ3v) is 3.57. The molecule has 0 saturated heterocycles. The van der Waals surface area contributed by atoms with Gasteiger partial charge in [-0.05, 0) is 26.0 Å². The molecule has 134 valence electrons. The Labute approximate surface area is 142 Å². The summed E-state index contributed by atoms with van der Waals surface area (Å²) in [6.45, 7) is 2.66. The van der Waals surface area contributed by atoms with E-state index in [1.807, 2.05) is 0 Å². The van der Waals surface area contributed by atoms with E-state index in [2.05, 4.69) is 4.74 Å². The largest absolute Gasteiger partial charge is 0.467 e. The fraction of sp³-hybridized carbons (Fsp3) is 0.375. The molecule has 0 aliphatic carbocycles. The molecule has 0 heterocycles. The first-order chi connectivity index (χ1) is 11.5. The number of hydrogen-bond donors (Lipinski definition) is 2. The highest BCUT2D eigenvalue weighted by molar-refractivity contribution is 6.02. The van der Waals surface area contributed by atoms with Crippen molar-refractivity contribution in [2.75, 3.05) is 7.11 Å². The van der Waals surface area contributed by atoms with Gasteiger partial charge in [-0.15, -0.1) is 0 Å². The Bertz CT molecular complexity index is 723. The second-order valence-corrected chi connectivity index (χ2v) is 5.36. The second kappa shape index (κ2) is 7.34. The molecule has 0 aliphatic heterocycles. The number of aryl methyl sites for hydroxylation is 1. The van der Waals surface area contributed by atoms with Gasteiger partial charge in [0.25, 0.3) is 11.4 Å². The van der Waals surface area contributed by atoms with Gasteiger partial charge in [-0.3, -0.25) is 4.79 Å². The van der Waals surface area contributed by atoms with Crippen LogP contribution < -0.4 is 5.32 Å². The molecule has 1 rings (SSSR count). The fourth-order valence-electron chi connectivity index (χ4n) is 2.23. The molecule has 0 radical (unpaired) electrons. The Morgan fingerprint density at radius 1 is 1.28 bits per heavy atom. The number of alkyl halides is 3. The van der Waals surface area contributed by atoms with E-state index in [9.17, 15) is 22.8 Å². The number of amides is 1. The number of rotatable bonds is 5. The van der Waals surface area contributed by atoms with E-state index in [0.29, 0.717) is 7.11 Å². The number of nitriles is 1. The molecule has 1 aromatic carbocycles. The third kappa shape index (κ3) is 3.79. The first-order valence-corrected chi connectivity index (χ1v) is 7.00. The minimum absolute atomic E-state index is 0.137. The number of hydrogen-bond acceptors (Lipinski definition) is 5. The zero-order chi connectivity index (χ0) is 19.4. The highest BCUT2D eigenvalue weighted by Gasteiger charge is 2.68. The van der Waals surface area contributed by atoms with Crippen molar-refractivity contribution in [3.05, 3.63) is 35.4 Å². The molecular weight excluding hydrogens is 339 g/mol. The summed E-state index contributed by atoms with van der Waals surface area (Å²) < 4.78 is 45.6. The van der Waals surface area contributed by atoms with E-state index < -0.39 is 35.2 Å². The standard InChI is InChI=1S/C16H16F3N3O3/c1-9-4-6-11(7-5-9)13(23)22-15(14(24)25-3,16(17,18)19)12(8-20)10(2)21/h4-7,12,21H,1-3H3,(H,22,23)/t12-,15-/m1/s1. The highest BCUT2D eigenvalue weighted by atomic mass is 19.4. The summed E-state index contributed by atoms with van der Waals surface area (Å²) in [6, 6.07) is 6.84. The van der Waals surface area contributed by atoms with Crippen molar-refractivity contribution < 1.29 is 27.5 Å². The lowest BCUT2D eigenvalue weighted by molar-refractivity contribution is -0.213. The number of nitrogens with zero attached hydrogens (tertiary/aromatic N) is 1. The number of carbonyl (C=O) groups excluding carboxylic acids is 2. The Kier molecular flexibility index (Phi) is 5.92. The molecule has 0 spiro atoms. The number of carbonyl (C=O) groups is 2. The average Bonchev–Trinajstić information content (AvgIpc) is 2.52. The molecule has 6 nitrogen and oxygen atoms in total. The van der Waals surface area contributed by atoms with E-state index in [-0.39, 0.29) is 5.56 Å². The minimum atomic E-state index is -5.37. The topological polar surface area (TPSA) is 103 Å². The maximum atomic E-state index is 13.8. The molecule has 1 amide bonds. The SMILES string of the molecule is COC(=O)[C@](NC(=O)c1ccc(C)cc1)([C@H](C#N)C(C)=N)C(F)(F)F. The molecule has 2 atom stereocenters. The summed E-state index contributed by atoms with van der Waals surface area (Å²) in [7, 11) is 0.703. The Balaban J connectivity index is 3.52. The molecular formula is C16H16F3N3O3. The van der Waals surface area contributed by atoms with Gasteiger partial charge in [0.2, 0.25) is 0 Å². The minimum Gasteiger partial charge on any atom is -0.467 e. The van der Waals surface area contributed by atoms with Crippen molar-refractivity contribution in [3.63, 3.8) is 0 Å². The van der Waals surface area contributed by atoms with Crippen LogP contribution >= 0.6 is 0 Å². The lowest BCUT2D eigenvalue weighted by atomic mass is 9.80. The van der Waals surface area contributed by atoms with Crippen LogP contribution in [0.1, 0.15) is 22.8 Å². The van der Waals surface area contributed by atoms with Gasteiger partial charge < -0.3 is 15.5 Å². The lowest BCUT2D eigenvalue weighted by Gasteiger charge is -2.36. The van der Waals surface area contributed by atoms with Gasteiger partial charge >= 0.3 is 12.1 Å². The van der Waals surface area contributed by atoms with Crippen LogP contribution in [0.25, 0.3) is 0 Å². The molecule has 9 heteroatoms. The van der Waals surface area contributed by atoms with Crippen molar-refractivity contribution in [2.24, 2.45) is 5.92 Å². The van der Waals surface area contributed by atoms with E-state index in [4.69, 9.17) is 10.7 Å². The molecule has 0 unspecified atom stereocenters. The fourth-order valence-corrected chi connectivity index (χ4v) is 2.23. The van der Waals surface area contributed by atoms with Crippen LogP contribution in [0.15, 0.2) is 24.3 Å². The summed E-state index contributed by atoms with van der Waals surface area (Å²) in [5, 5.41) is 18.1. The van der Waals surface area contributed by atoms with E-state index in [0.717, 1.165) is 12.5 Å². The molecule has 25 heavy (non-hydrogen) atoms. The van der Waals surface area contributed by atoms with Crippen molar-refractivity contribution in [3.8, 4) is 6.07 Å². The molecule has 0 saturated carbocycles. The van der Waals surface area contributed by atoms with Gasteiger partial charge in [-0.2, -0.15) is 18.4 Å². The molecule has 1 aromatic rings. The van der Waals surface area contributed by atoms with Gasteiger partial charge in [-0.25, -0.2) is 4.79 Å². The van der Waals surface area contributed by atoms with Crippen LogP contribution in [-0.4, -0.2) is 36.4 Å². The molecule has 2 N–H and O–H groups in total. The summed E-state index contributed by atoms with van der Waals surface area (Å²) in [5.41, 5.74) is -3.79. The smallest absolute Gasteiger partial charge is 0.424 e. The third-order valence-electron chi connectivity index (χ3n) is 3.57. The maximum Gasteiger partial charge on any atom is 0.424 e. The van der Waals surface area contributed by atoms with Crippen LogP contribution in [0.5, 0.6) is 0 Å². The number of methoxy groups -OCH3 is 1. The van der Waals surface area contributed by atoms with Gasteiger partial charge in [0.15, 0.2) is 0 Å². The first-order valence-electron chi connectivity index (χ1n) is 7.00. The van der Waals surface area contributed by atoms with E-state index in [1.165, 1.54) is 30.3 Å². The monoisotopic (exact) mass is 355 g/mol. The van der Waals surface area contributed by atoms with Crippen LogP contribution in [-0.2, 0) is 9.53 Å². The van der Waals surface area contributed by atoms with Crippen molar-refractivity contribution in [2.45, 2.75) is 25.6 Å². The summed E-state index contributed by atoms with van der Waals surface area (Å²) in [4.78, 5) is 24.3. The Morgan fingerprint density at radius 2 is 1.80 bits per heavy atom. The average molecular weight is 355 g/mol. The van der Waals surface area contributed by atoms with Gasteiger partial charge in [0.1, 0.15) is 5.92 Å². The van der Waals surface area contributed by atoms with Gasteiger partial charge in [0, 0.05) is 11.3 Å². The number of halogens is 3. The maximum absolute atomic E-state index is 13.8. The van der Waals surface area contributed by atoms with Gasteiger partial charge in [0.05, 0.1) is 13.2 Å². The molecule has 0 aromatic heterocycles. The predicted octanol–water partition coefficient (Wildman–Crippen LogP) is 2.38. The van der Waals surface area contributed by atoms with Crippen LogP contribution in [0.4, 0.5) is 13.2 Å². The number of ether oxygens (including phenoxy) is 1. The summed E-state index contributed by atoms with van der Waals surface area (Å²) in [6.07, 6.45) is -5.37. The quantitative estimate of drug-likeness (QED) is 0.625. The summed E-state index contributed by atoms with van der Waals surface area (Å²) in [5.74, 6) is -5.38. The zero-order valence-electron chi connectivity index (χ0n) is 13.7. The number of benzene rings is 1. The highest BCUT2D eigenvalue weighted by Crippen LogP contribution is 2.38. The van der Waals surface area contributed by atoms with E-state index >= 15 is 0 Å². The van der Waals surface area contributed by atoms with Crippen LogP contribution in [0.3, 0.4) is 0 Å². The molecule has 0 bridgehead atoms. The van der Waals surface area contributed by atoms with Crippen LogP contribution in [0, 0.1) is 29.6 Å². The lowest BCUT2D eigenvalue weighted by Crippen LogP contribution is -2.69. The van der Waals surface area contributed by atoms with Crippen LogP contribution in [0.2, 0.25) is 0 Å². The van der Waals surface area contributed by atoms with E-state index in [1.54, 1.807) is 12.2 Å². The van der Waals surface area contributed by atoms with Crippen molar-refractivity contribution >= 4 is 17.6 Å². The summed E-state index contributed by atoms with van der Waals surface area (Å²) >= 11 is 0. The molecule has 0 aliphatic rings. The second-order valence-electron chi connectivity index (χ2n) is 5.36. The first kappa shape index (κ1) is 20.2. The number of nitrogens with one attached hydrogen (secondary N) is 2. The zero-order valence-corrected chi connectivity index (χ0v) is 13.7. The number of esters is 1. The molecule has 0 fully saturated rings. The Morgan fingerprint density at radius 3 is 2.16 bits per heavy atom.